The maximum absolute atomic E-state index is 14.3. The molecule has 2 saturated heterocycles. The average molecular weight is 786 g/mol. The normalized spacial score (nSPS) is 21.9. The molecule has 3 rings (SSSR count). The predicted molar refractivity (Wildman–Crippen MR) is 217 cm³/mol. The van der Waals surface area contributed by atoms with Gasteiger partial charge in [-0.05, 0) is 64.2 Å². The molecule has 5 amide bonds. The second-order valence-electron chi connectivity index (χ2n) is 17.1. The predicted octanol–water partition coefficient (Wildman–Crippen LogP) is 5.11. The van der Waals surface area contributed by atoms with Crippen LogP contribution >= 0.6 is 0 Å². The van der Waals surface area contributed by atoms with E-state index in [1.165, 1.54) is 4.90 Å². The van der Waals surface area contributed by atoms with Crippen LogP contribution in [0, 0.1) is 29.6 Å². The first-order valence-corrected chi connectivity index (χ1v) is 20.6. The van der Waals surface area contributed by atoms with Crippen LogP contribution < -0.4 is 10.6 Å². The molecule has 2 fully saturated rings. The fraction of sp³-hybridized carbons (Fsp3) is 0.744. The summed E-state index contributed by atoms with van der Waals surface area (Å²) in [6, 6.07) is -1.57. The van der Waals surface area contributed by atoms with Crippen molar-refractivity contribution in [1.29, 1.82) is 0 Å². The molecule has 3 aliphatic rings. The standard InChI is InChI=1S/C43H71N5O8/c1-12-29(4)37(46(9)41(52)36(28(2)3)45-40(51)32-22-25-47(27-32)42(53)56-43(6,7)8)34(54-10)26-35(49)48-24-17-20-33(48)38(55-11)30(5)39(50)44-23-21-31-18-15-13-14-16-19-31/h13-16,18-19,28-34,36-38H,12,17,20-27H2,1-11H3,(H,44,50)(H,45,51)/t29-,30+,32?,33-,34+,36-,37-,38+/m0/s1. The van der Waals surface area contributed by atoms with Crippen molar-refractivity contribution in [3.63, 3.8) is 0 Å². The van der Waals surface area contributed by atoms with Crippen LogP contribution in [0.1, 0.15) is 93.9 Å². The number of rotatable bonds is 18. The Hall–Kier alpha value is -3.71. The lowest BCUT2D eigenvalue weighted by molar-refractivity contribution is -0.147. The summed E-state index contributed by atoms with van der Waals surface area (Å²) < 4.78 is 17.5. The number of carbonyl (C=O) groups is 5. The first kappa shape index (κ1) is 46.7. The minimum atomic E-state index is -0.821. The third kappa shape index (κ3) is 12.9. The molecule has 1 unspecified atom stereocenters. The number of methoxy groups -OCH3 is 2. The summed E-state index contributed by atoms with van der Waals surface area (Å²) in [7, 11) is 4.87. The van der Waals surface area contributed by atoms with E-state index in [1.807, 2.05) is 63.8 Å². The molecule has 0 saturated carbocycles. The van der Waals surface area contributed by atoms with Gasteiger partial charge in [0, 0.05) is 47.4 Å². The van der Waals surface area contributed by atoms with E-state index in [-0.39, 0.29) is 60.4 Å². The Morgan fingerprint density at radius 2 is 1.59 bits per heavy atom. The van der Waals surface area contributed by atoms with Gasteiger partial charge >= 0.3 is 6.09 Å². The Labute approximate surface area is 336 Å². The number of likely N-dealkylation sites (N-methyl/N-ethyl adjacent to an activating group) is 1. The molecule has 0 aromatic heterocycles. The zero-order valence-electron chi connectivity index (χ0n) is 35.9. The quantitative estimate of drug-likeness (QED) is 0.195. The molecule has 13 heteroatoms. The highest BCUT2D eigenvalue weighted by atomic mass is 16.6. The van der Waals surface area contributed by atoms with Crippen LogP contribution in [-0.4, -0.2) is 128 Å². The number of ether oxygens (including phenoxy) is 3. The van der Waals surface area contributed by atoms with Crippen molar-refractivity contribution in [1.82, 2.24) is 25.3 Å². The molecule has 2 heterocycles. The van der Waals surface area contributed by atoms with Crippen molar-refractivity contribution in [3.8, 4) is 0 Å². The van der Waals surface area contributed by atoms with E-state index in [9.17, 15) is 24.0 Å². The summed E-state index contributed by atoms with van der Waals surface area (Å²) in [6.45, 7) is 16.8. The van der Waals surface area contributed by atoms with Crippen molar-refractivity contribution in [2.24, 2.45) is 29.6 Å². The molecule has 1 aliphatic carbocycles. The number of allylic oxidation sites excluding steroid dienone is 6. The second-order valence-corrected chi connectivity index (χ2v) is 17.1. The first-order chi connectivity index (χ1) is 26.4. The summed E-state index contributed by atoms with van der Waals surface area (Å²) in [4.78, 5) is 73.0. The first-order valence-electron chi connectivity index (χ1n) is 20.6. The Bertz CT molecular complexity index is 1410. The number of amides is 5. The third-order valence-electron chi connectivity index (χ3n) is 11.5. The minimum absolute atomic E-state index is 0.0347. The second kappa shape index (κ2) is 21.7. The molecule has 2 N–H and O–H groups in total. The molecule has 0 bridgehead atoms. The van der Waals surface area contributed by atoms with Crippen LogP contribution in [0.25, 0.3) is 0 Å². The summed E-state index contributed by atoms with van der Waals surface area (Å²) in [5.41, 5.74) is -0.643. The van der Waals surface area contributed by atoms with Crippen LogP contribution in [0.2, 0.25) is 0 Å². The lowest BCUT2D eigenvalue weighted by atomic mass is 9.89. The van der Waals surface area contributed by atoms with Crippen molar-refractivity contribution in [2.75, 3.05) is 47.4 Å². The molecule has 0 spiro atoms. The molecule has 0 aromatic rings. The minimum Gasteiger partial charge on any atom is -0.444 e. The molecule has 0 aromatic carbocycles. The average Bonchev–Trinajstić information content (AvgIpc) is 3.78. The molecule has 0 radical (unpaired) electrons. The van der Waals surface area contributed by atoms with Crippen molar-refractivity contribution in [3.05, 3.63) is 36.5 Å². The van der Waals surface area contributed by atoms with Gasteiger partial charge in [0.05, 0.1) is 42.5 Å². The fourth-order valence-electron chi connectivity index (χ4n) is 8.10. The van der Waals surface area contributed by atoms with Gasteiger partial charge < -0.3 is 39.5 Å². The van der Waals surface area contributed by atoms with E-state index in [2.05, 4.69) is 22.8 Å². The number of carbonyl (C=O) groups excluding carboxylic acids is 5. The van der Waals surface area contributed by atoms with Crippen molar-refractivity contribution < 1.29 is 38.2 Å². The van der Waals surface area contributed by atoms with Gasteiger partial charge in [0.2, 0.25) is 23.6 Å². The fourth-order valence-corrected chi connectivity index (χ4v) is 8.10. The lowest BCUT2D eigenvalue weighted by Gasteiger charge is -2.41. The van der Waals surface area contributed by atoms with Gasteiger partial charge in [-0.25, -0.2) is 4.79 Å². The van der Waals surface area contributed by atoms with Gasteiger partial charge in [0.15, 0.2) is 0 Å². The zero-order chi connectivity index (χ0) is 41.7. The van der Waals surface area contributed by atoms with Crippen LogP contribution in [0.5, 0.6) is 0 Å². The van der Waals surface area contributed by atoms with Gasteiger partial charge in [-0.1, -0.05) is 77.5 Å². The maximum Gasteiger partial charge on any atom is 0.410 e. The van der Waals surface area contributed by atoms with Crippen molar-refractivity contribution >= 4 is 29.7 Å². The van der Waals surface area contributed by atoms with Crippen LogP contribution in [-0.2, 0) is 33.4 Å². The van der Waals surface area contributed by atoms with Crippen molar-refractivity contribution in [2.45, 2.75) is 130 Å². The van der Waals surface area contributed by atoms with Gasteiger partial charge in [0.1, 0.15) is 11.6 Å². The Morgan fingerprint density at radius 1 is 0.929 bits per heavy atom. The van der Waals surface area contributed by atoms with Gasteiger partial charge in [-0.2, -0.15) is 0 Å². The highest BCUT2D eigenvalue weighted by Gasteiger charge is 2.43. The molecular weight excluding hydrogens is 714 g/mol. The van der Waals surface area contributed by atoms with E-state index in [1.54, 1.807) is 46.9 Å². The largest absolute Gasteiger partial charge is 0.444 e. The molecule has 8 atom stereocenters. The number of nitrogens with one attached hydrogen (secondary N) is 2. The Balaban J connectivity index is 1.68. The van der Waals surface area contributed by atoms with Gasteiger partial charge in [-0.15, -0.1) is 0 Å². The zero-order valence-corrected chi connectivity index (χ0v) is 35.9. The van der Waals surface area contributed by atoms with E-state index in [0.29, 0.717) is 32.5 Å². The summed E-state index contributed by atoms with van der Waals surface area (Å²) in [5.74, 6) is -1.74. The highest BCUT2D eigenvalue weighted by Crippen LogP contribution is 2.30. The molecule has 56 heavy (non-hydrogen) atoms. The summed E-state index contributed by atoms with van der Waals surface area (Å²) in [5, 5.41) is 6.07. The lowest BCUT2D eigenvalue weighted by Crippen LogP contribution is -2.58. The van der Waals surface area contributed by atoms with Gasteiger partial charge in [0.25, 0.3) is 0 Å². The number of likely N-dealkylation sites (tertiary alicyclic amines) is 2. The highest BCUT2D eigenvalue weighted by molar-refractivity contribution is 5.89. The van der Waals surface area contributed by atoms with E-state index >= 15 is 0 Å². The maximum atomic E-state index is 14.3. The Kier molecular flexibility index (Phi) is 18.1. The topological polar surface area (TPSA) is 147 Å². The molecule has 13 nitrogen and oxygen atoms in total. The SMILES string of the molecule is CC[C@H](C)[C@@H]([C@@H](CC(=O)N1CCC[C@H]1[C@H](OC)[C@@H](C)C(=O)NCCC1C=CC=CC=C1)OC)N(C)C(=O)[C@@H](NC(=O)C1CCN(C(=O)OC(C)(C)C)C1)C(C)C. The van der Waals surface area contributed by atoms with Crippen LogP contribution in [0.3, 0.4) is 0 Å². The molecule has 2 aliphatic heterocycles. The monoisotopic (exact) mass is 786 g/mol. The number of hydrogen-bond donors (Lipinski definition) is 2. The smallest absolute Gasteiger partial charge is 0.410 e. The number of hydrogen-bond acceptors (Lipinski definition) is 8. The summed E-state index contributed by atoms with van der Waals surface area (Å²) >= 11 is 0. The van der Waals surface area contributed by atoms with E-state index < -0.39 is 47.8 Å². The van der Waals surface area contributed by atoms with Crippen LogP contribution in [0.15, 0.2) is 36.5 Å². The van der Waals surface area contributed by atoms with E-state index in [0.717, 1.165) is 19.3 Å². The molecule has 316 valence electrons. The third-order valence-corrected chi connectivity index (χ3v) is 11.5. The van der Waals surface area contributed by atoms with Crippen LogP contribution in [0.4, 0.5) is 4.79 Å². The van der Waals surface area contributed by atoms with Gasteiger partial charge in [-0.3, -0.25) is 19.2 Å². The number of nitrogens with zero attached hydrogens (tertiary/aromatic N) is 3. The molecular formula is C43H71N5O8. The van der Waals surface area contributed by atoms with E-state index in [4.69, 9.17) is 14.2 Å². The Morgan fingerprint density at radius 3 is 2.16 bits per heavy atom. The summed E-state index contributed by atoms with van der Waals surface area (Å²) in [6.07, 6.45) is 14.2.